The first-order chi connectivity index (χ1) is 20.2. The number of fused-ring (bicyclic) bond motifs is 2. The van der Waals surface area contributed by atoms with Gasteiger partial charge in [0, 0.05) is 59.5 Å². The van der Waals surface area contributed by atoms with Crippen molar-refractivity contribution in [3.8, 4) is 11.1 Å². The van der Waals surface area contributed by atoms with Crippen LogP contribution in [0.4, 0.5) is 16.2 Å². The van der Waals surface area contributed by atoms with Crippen molar-refractivity contribution in [1.29, 1.82) is 0 Å². The minimum absolute atomic E-state index is 0.00614. The molecule has 2 N–H and O–H groups in total. The van der Waals surface area contributed by atoms with Gasteiger partial charge in [-0.2, -0.15) is 10.1 Å². The molecule has 7 rings (SSSR count). The number of benzene rings is 2. The van der Waals surface area contributed by atoms with Crippen molar-refractivity contribution >= 4 is 51.1 Å². The third-order valence-corrected chi connectivity index (χ3v) is 9.57. The Morgan fingerprint density at radius 2 is 1.95 bits per heavy atom. The number of amides is 1. The maximum absolute atomic E-state index is 16.8. The summed E-state index contributed by atoms with van der Waals surface area (Å²) in [6.07, 6.45) is 5.92. The number of rotatable bonds is 5. The van der Waals surface area contributed by atoms with E-state index in [1.807, 2.05) is 30.0 Å². The fourth-order valence-corrected chi connectivity index (χ4v) is 7.22. The van der Waals surface area contributed by atoms with Crippen LogP contribution in [0.15, 0.2) is 37.1 Å². The normalized spacial score (nSPS) is 19.1. The summed E-state index contributed by atoms with van der Waals surface area (Å²) in [6, 6.07) is 5.89. The fraction of sp³-hybridized carbons (Fsp3) is 0.419. The molecule has 2 aromatic heterocycles. The summed E-state index contributed by atoms with van der Waals surface area (Å²) >= 11 is 6.92. The maximum atomic E-state index is 16.8. The number of halogens is 2. The van der Waals surface area contributed by atoms with E-state index < -0.39 is 5.82 Å². The van der Waals surface area contributed by atoms with Gasteiger partial charge < -0.3 is 20.0 Å². The molecule has 0 aliphatic carbocycles. The van der Waals surface area contributed by atoms with Gasteiger partial charge in [0.1, 0.15) is 11.3 Å². The number of piperidine rings is 1. The van der Waals surface area contributed by atoms with E-state index in [1.54, 1.807) is 6.20 Å². The van der Waals surface area contributed by atoms with Gasteiger partial charge in [0.25, 0.3) is 0 Å². The van der Waals surface area contributed by atoms with Crippen molar-refractivity contribution in [3.05, 3.63) is 53.5 Å². The highest BCUT2D eigenvalue weighted by Crippen LogP contribution is 2.45. The molecule has 4 aromatic rings. The Hall–Kier alpha value is -3.76. The number of nitrogens with one attached hydrogen (secondary N) is 2. The average molecular weight is 589 g/mol. The topological polar surface area (TPSA) is 93.3 Å². The number of aromatic nitrogens is 4. The monoisotopic (exact) mass is 588 g/mol. The van der Waals surface area contributed by atoms with Crippen LogP contribution in [0.3, 0.4) is 0 Å². The largest absolute Gasteiger partial charge is 0.355 e. The SMILES string of the molecule is C=CC(=O)N1CC2(CCN(c3nc(NC4CCN(C)CC4)nc4c(F)c(-c5c(C)ccc6[nH]ncc56)c(Cl)cc34)C2)C1. The number of aryl methyl sites for hydroxylation is 1. The van der Waals surface area contributed by atoms with E-state index in [-0.39, 0.29) is 22.9 Å². The summed E-state index contributed by atoms with van der Waals surface area (Å²) in [5.74, 6) is 0.590. The lowest BCUT2D eigenvalue weighted by atomic mass is 9.79. The quantitative estimate of drug-likeness (QED) is 0.317. The number of nitrogens with zero attached hydrogens (tertiary/aromatic N) is 6. The number of aromatic amines is 1. The summed E-state index contributed by atoms with van der Waals surface area (Å²) in [5.41, 5.74) is 2.97. The zero-order valence-electron chi connectivity index (χ0n) is 23.9. The maximum Gasteiger partial charge on any atom is 0.245 e. The Labute approximate surface area is 248 Å². The second kappa shape index (κ2) is 10.2. The van der Waals surface area contributed by atoms with Gasteiger partial charge in [0.2, 0.25) is 11.9 Å². The molecular formula is C31H34ClFN8O. The van der Waals surface area contributed by atoms with E-state index in [2.05, 4.69) is 38.9 Å². The molecule has 11 heteroatoms. The van der Waals surface area contributed by atoms with Gasteiger partial charge in [-0.05, 0) is 70.1 Å². The lowest BCUT2D eigenvalue weighted by Crippen LogP contribution is -2.59. The molecule has 1 spiro atoms. The predicted molar refractivity (Wildman–Crippen MR) is 165 cm³/mol. The van der Waals surface area contributed by atoms with Crippen molar-refractivity contribution in [1.82, 2.24) is 30.0 Å². The number of likely N-dealkylation sites (tertiary alicyclic amines) is 2. The molecule has 42 heavy (non-hydrogen) atoms. The Morgan fingerprint density at radius 3 is 2.71 bits per heavy atom. The van der Waals surface area contributed by atoms with Gasteiger partial charge >= 0.3 is 0 Å². The van der Waals surface area contributed by atoms with E-state index in [0.29, 0.717) is 46.4 Å². The van der Waals surface area contributed by atoms with Crippen LogP contribution >= 0.6 is 11.6 Å². The molecule has 0 unspecified atom stereocenters. The lowest BCUT2D eigenvalue weighted by Gasteiger charge is -2.47. The summed E-state index contributed by atoms with van der Waals surface area (Å²) in [5, 5.41) is 12.4. The van der Waals surface area contributed by atoms with E-state index in [9.17, 15) is 4.79 Å². The molecule has 5 heterocycles. The Balaban J connectivity index is 1.33. The second-order valence-corrected chi connectivity index (χ2v) is 12.6. The molecule has 9 nitrogen and oxygen atoms in total. The van der Waals surface area contributed by atoms with Gasteiger partial charge in [0.15, 0.2) is 5.82 Å². The van der Waals surface area contributed by atoms with E-state index >= 15 is 4.39 Å². The smallest absolute Gasteiger partial charge is 0.245 e. The Bertz CT molecular complexity index is 1720. The molecule has 2 aromatic carbocycles. The lowest BCUT2D eigenvalue weighted by molar-refractivity contribution is -0.136. The molecule has 218 valence electrons. The van der Waals surface area contributed by atoms with Gasteiger partial charge in [0.05, 0.1) is 16.7 Å². The number of carbonyl (C=O) groups excluding carboxylic acids is 1. The molecule has 0 atom stereocenters. The van der Waals surface area contributed by atoms with E-state index in [0.717, 1.165) is 61.9 Å². The third kappa shape index (κ3) is 4.48. The van der Waals surface area contributed by atoms with Gasteiger partial charge in [-0.1, -0.05) is 24.2 Å². The fourth-order valence-electron chi connectivity index (χ4n) is 6.93. The summed E-state index contributed by atoms with van der Waals surface area (Å²) < 4.78 is 16.8. The van der Waals surface area contributed by atoms with Crippen LogP contribution in [0.5, 0.6) is 0 Å². The highest BCUT2D eigenvalue weighted by molar-refractivity contribution is 6.35. The van der Waals surface area contributed by atoms with Crippen LogP contribution < -0.4 is 10.2 Å². The summed E-state index contributed by atoms with van der Waals surface area (Å²) in [4.78, 5) is 28.2. The first-order valence-electron chi connectivity index (χ1n) is 14.5. The first kappa shape index (κ1) is 27.1. The van der Waals surface area contributed by atoms with Gasteiger partial charge in [-0.15, -0.1) is 0 Å². The zero-order valence-corrected chi connectivity index (χ0v) is 24.6. The van der Waals surface area contributed by atoms with Crippen LogP contribution in [0.2, 0.25) is 5.02 Å². The van der Waals surface area contributed by atoms with Crippen molar-refractivity contribution < 1.29 is 9.18 Å². The minimum atomic E-state index is -0.468. The van der Waals surface area contributed by atoms with Crippen molar-refractivity contribution in [2.24, 2.45) is 5.41 Å². The number of hydrogen-bond acceptors (Lipinski definition) is 7. The molecule has 0 saturated carbocycles. The number of carbonyl (C=O) groups is 1. The third-order valence-electron chi connectivity index (χ3n) is 9.27. The van der Waals surface area contributed by atoms with Gasteiger partial charge in [-0.3, -0.25) is 9.89 Å². The first-order valence-corrected chi connectivity index (χ1v) is 14.9. The second-order valence-electron chi connectivity index (χ2n) is 12.2. The Morgan fingerprint density at radius 1 is 1.17 bits per heavy atom. The molecule has 1 amide bonds. The molecule has 0 radical (unpaired) electrons. The summed E-state index contributed by atoms with van der Waals surface area (Å²) in [7, 11) is 2.12. The minimum Gasteiger partial charge on any atom is -0.355 e. The van der Waals surface area contributed by atoms with E-state index in [1.165, 1.54) is 6.08 Å². The van der Waals surface area contributed by atoms with Crippen LogP contribution in [0, 0.1) is 18.2 Å². The van der Waals surface area contributed by atoms with E-state index in [4.69, 9.17) is 21.6 Å². The van der Waals surface area contributed by atoms with Crippen LogP contribution in [-0.2, 0) is 4.79 Å². The molecule has 3 aliphatic heterocycles. The molecular weight excluding hydrogens is 555 g/mol. The van der Waals surface area contributed by atoms with Crippen LogP contribution in [-0.4, -0.2) is 88.2 Å². The highest BCUT2D eigenvalue weighted by atomic mass is 35.5. The van der Waals surface area contributed by atoms with Gasteiger partial charge in [-0.25, -0.2) is 9.37 Å². The standard InChI is InChI=1S/C31H34ClFN8O/c1-4-24(42)41-16-31(17-41)9-12-40(15-31)29-20-13-22(32)26(25-18(2)5-6-23-21(25)14-34-38-23)27(33)28(20)36-30(37-29)35-19-7-10-39(3)11-8-19/h4-6,13-14,19H,1,7-12,15-17H2,2-3H3,(H,34,38)(H,35,36,37). The molecule has 3 fully saturated rings. The van der Waals surface area contributed by atoms with Crippen LogP contribution in [0.25, 0.3) is 32.9 Å². The Kier molecular flexibility index (Phi) is 6.58. The number of hydrogen-bond donors (Lipinski definition) is 2. The van der Waals surface area contributed by atoms with Crippen molar-refractivity contribution in [2.75, 3.05) is 56.5 Å². The van der Waals surface area contributed by atoms with Crippen LogP contribution in [0.1, 0.15) is 24.8 Å². The molecule has 3 aliphatic rings. The molecule has 0 bridgehead atoms. The number of H-pyrrole nitrogens is 1. The predicted octanol–water partition coefficient (Wildman–Crippen LogP) is 5.00. The molecule has 3 saturated heterocycles. The highest BCUT2D eigenvalue weighted by Gasteiger charge is 2.49. The average Bonchev–Trinajstić information content (AvgIpc) is 3.62. The number of anilines is 2. The summed E-state index contributed by atoms with van der Waals surface area (Å²) in [6.45, 7) is 10.4. The van der Waals surface area contributed by atoms with Crippen molar-refractivity contribution in [3.63, 3.8) is 0 Å². The van der Waals surface area contributed by atoms with Crippen molar-refractivity contribution in [2.45, 2.75) is 32.2 Å². The zero-order chi connectivity index (χ0) is 29.2.